The number of nitrogens with one attached hydrogen (secondary N) is 1. The monoisotopic (exact) mass is 212 g/mol. The Morgan fingerprint density at radius 1 is 1.40 bits per heavy atom. The zero-order valence-corrected chi connectivity index (χ0v) is 9.21. The molecule has 2 saturated heterocycles. The van der Waals surface area contributed by atoms with Gasteiger partial charge in [-0.15, -0.1) is 0 Å². The van der Waals surface area contributed by atoms with Crippen LogP contribution in [0.4, 0.5) is 0 Å². The highest BCUT2D eigenvalue weighted by molar-refractivity contribution is 5.82. The molecule has 0 spiro atoms. The molecule has 0 amide bonds. The molecule has 0 aromatic carbocycles. The fourth-order valence-electron chi connectivity index (χ4n) is 2.23. The number of piperidine rings is 1. The molecule has 15 heavy (non-hydrogen) atoms. The molecule has 1 atom stereocenters. The van der Waals surface area contributed by atoms with Gasteiger partial charge < -0.3 is 10.1 Å². The molecule has 4 heteroatoms. The summed E-state index contributed by atoms with van der Waals surface area (Å²) >= 11 is 0. The van der Waals surface area contributed by atoms with Crippen LogP contribution in [-0.4, -0.2) is 56.6 Å². The Bertz CT molecular complexity index is 215. The predicted octanol–water partition coefficient (Wildman–Crippen LogP) is -0.113. The van der Waals surface area contributed by atoms with Crippen molar-refractivity contribution in [3.05, 3.63) is 0 Å². The molecular formula is C11H20N2O2. The SMILES string of the molecule is O=C1CCNCC1CCN1CCOCC1. The van der Waals surface area contributed by atoms with Crippen LogP contribution in [-0.2, 0) is 9.53 Å². The number of Topliss-reactive ketones (excluding diaryl/α,β-unsaturated/α-hetero) is 1. The molecule has 2 fully saturated rings. The molecule has 2 rings (SSSR count). The minimum Gasteiger partial charge on any atom is -0.379 e. The van der Waals surface area contributed by atoms with Gasteiger partial charge in [0, 0.05) is 38.5 Å². The van der Waals surface area contributed by atoms with E-state index in [1.165, 1.54) is 0 Å². The van der Waals surface area contributed by atoms with Crippen LogP contribution in [0.3, 0.4) is 0 Å². The lowest BCUT2D eigenvalue weighted by molar-refractivity contribution is -0.124. The number of morpholine rings is 1. The van der Waals surface area contributed by atoms with Crippen molar-refractivity contribution >= 4 is 5.78 Å². The summed E-state index contributed by atoms with van der Waals surface area (Å²) in [5.74, 6) is 0.698. The lowest BCUT2D eigenvalue weighted by Crippen LogP contribution is -2.41. The molecule has 0 saturated carbocycles. The highest BCUT2D eigenvalue weighted by Gasteiger charge is 2.22. The van der Waals surface area contributed by atoms with Crippen LogP contribution in [0, 0.1) is 5.92 Å². The van der Waals surface area contributed by atoms with Crippen molar-refractivity contribution in [2.75, 3.05) is 45.9 Å². The van der Waals surface area contributed by atoms with Crippen molar-refractivity contribution < 1.29 is 9.53 Å². The lowest BCUT2D eigenvalue weighted by atomic mass is 9.94. The van der Waals surface area contributed by atoms with Crippen LogP contribution in [0.5, 0.6) is 0 Å². The first-order valence-electron chi connectivity index (χ1n) is 5.90. The Morgan fingerprint density at radius 2 is 2.20 bits per heavy atom. The fourth-order valence-corrected chi connectivity index (χ4v) is 2.23. The summed E-state index contributed by atoms with van der Waals surface area (Å²) in [6, 6.07) is 0. The number of ketones is 1. The minimum atomic E-state index is 0.251. The highest BCUT2D eigenvalue weighted by Crippen LogP contribution is 2.11. The summed E-state index contributed by atoms with van der Waals surface area (Å²) in [5, 5.41) is 3.29. The zero-order valence-electron chi connectivity index (χ0n) is 9.21. The largest absolute Gasteiger partial charge is 0.379 e. The Morgan fingerprint density at radius 3 is 2.93 bits per heavy atom. The first-order valence-corrected chi connectivity index (χ1v) is 5.90. The third-order valence-corrected chi connectivity index (χ3v) is 3.29. The first kappa shape index (κ1) is 11.0. The van der Waals surface area contributed by atoms with Gasteiger partial charge in [0.05, 0.1) is 13.2 Å². The van der Waals surface area contributed by atoms with Crippen LogP contribution >= 0.6 is 0 Å². The summed E-state index contributed by atoms with van der Waals surface area (Å²) in [6.45, 7) is 6.52. The van der Waals surface area contributed by atoms with E-state index in [-0.39, 0.29) is 5.92 Å². The second-order valence-electron chi connectivity index (χ2n) is 4.36. The lowest BCUT2D eigenvalue weighted by Gasteiger charge is -2.29. The zero-order chi connectivity index (χ0) is 10.5. The summed E-state index contributed by atoms with van der Waals surface area (Å²) in [5.41, 5.74) is 0. The minimum absolute atomic E-state index is 0.251. The molecule has 2 aliphatic heterocycles. The Hall–Kier alpha value is -0.450. The molecule has 2 heterocycles. The van der Waals surface area contributed by atoms with Crippen LogP contribution in [0.1, 0.15) is 12.8 Å². The molecule has 1 unspecified atom stereocenters. The fraction of sp³-hybridized carbons (Fsp3) is 0.909. The van der Waals surface area contributed by atoms with E-state index in [4.69, 9.17) is 4.74 Å². The number of carbonyl (C=O) groups excluding carboxylic acids is 1. The van der Waals surface area contributed by atoms with E-state index >= 15 is 0 Å². The standard InChI is InChI=1S/C11H20N2O2/c14-11-1-3-12-9-10(11)2-4-13-5-7-15-8-6-13/h10,12H,1-9H2. The third-order valence-electron chi connectivity index (χ3n) is 3.29. The second kappa shape index (κ2) is 5.58. The summed E-state index contributed by atoms with van der Waals surface area (Å²) in [7, 11) is 0. The average molecular weight is 212 g/mol. The number of carbonyl (C=O) groups is 1. The number of nitrogens with zero attached hydrogens (tertiary/aromatic N) is 1. The van der Waals surface area contributed by atoms with Gasteiger partial charge in [0.1, 0.15) is 5.78 Å². The molecule has 0 aromatic rings. The molecule has 4 nitrogen and oxygen atoms in total. The van der Waals surface area contributed by atoms with Crippen LogP contribution in [0.2, 0.25) is 0 Å². The highest BCUT2D eigenvalue weighted by atomic mass is 16.5. The van der Waals surface area contributed by atoms with Gasteiger partial charge in [0.15, 0.2) is 0 Å². The van der Waals surface area contributed by atoms with Gasteiger partial charge in [-0.2, -0.15) is 0 Å². The van der Waals surface area contributed by atoms with Crippen LogP contribution in [0.15, 0.2) is 0 Å². The van der Waals surface area contributed by atoms with E-state index in [0.29, 0.717) is 12.2 Å². The smallest absolute Gasteiger partial charge is 0.138 e. The van der Waals surface area contributed by atoms with Gasteiger partial charge in [0.25, 0.3) is 0 Å². The van der Waals surface area contributed by atoms with Crippen LogP contribution in [0.25, 0.3) is 0 Å². The summed E-state index contributed by atoms with van der Waals surface area (Å²) in [4.78, 5) is 14.0. The maximum absolute atomic E-state index is 11.6. The van der Waals surface area contributed by atoms with E-state index in [1.807, 2.05) is 0 Å². The summed E-state index contributed by atoms with van der Waals surface area (Å²) < 4.78 is 5.29. The number of ether oxygens (including phenoxy) is 1. The molecule has 0 aliphatic carbocycles. The number of hydrogen-bond acceptors (Lipinski definition) is 4. The molecule has 0 aromatic heterocycles. The Kier molecular flexibility index (Phi) is 4.11. The van der Waals surface area contributed by atoms with Gasteiger partial charge in [0.2, 0.25) is 0 Å². The van der Waals surface area contributed by atoms with E-state index < -0.39 is 0 Å². The van der Waals surface area contributed by atoms with Gasteiger partial charge in [-0.1, -0.05) is 0 Å². The normalized spacial score (nSPS) is 29.3. The predicted molar refractivity (Wildman–Crippen MR) is 57.9 cm³/mol. The van der Waals surface area contributed by atoms with Crippen molar-refractivity contribution in [3.8, 4) is 0 Å². The van der Waals surface area contributed by atoms with Crippen LogP contribution < -0.4 is 5.32 Å². The molecule has 0 bridgehead atoms. The van der Waals surface area contributed by atoms with Crippen molar-refractivity contribution in [2.24, 2.45) is 5.92 Å². The van der Waals surface area contributed by atoms with Crippen molar-refractivity contribution in [2.45, 2.75) is 12.8 Å². The van der Waals surface area contributed by atoms with E-state index in [0.717, 1.165) is 52.4 Å². The molecule has 1 N–H and O–H groups in total. The van der Waals surface area contributed by atoms with E-state index in [2.05, 4.69) is 10.2 Å². The molecule has 86 valence electrons. The van der Waals surface area contributed by atoms with Crippen molar-refractivity contribution in [1.82, 2.24) is 10.2 Å². The van der Waals surface area contributed by atoms with Gasteiger partial charge in [-0.25, -0.2) is 0 Å². The van der Waals surface area contributed by atoms with Gasteiger partial charge in [-0.05, 0) is 13.0 Å². The molecule has 0 radical (unpaired) electrons. The molecule has 2 aliphatic rings. The third kappa shape index (κ3) is 3.26. The Balaban J connectivity index is 1.69. The molecular weight excluding hydrogens is 192 g/mol. The van der Waals surface area contributed by atoms with Crippen molar-refractivity contribution in [1.29, 1.82) is 0 Å². The van der Waals surface area contributed by atoms with Gasteiger partial charge >= 0.3 is 0 Å². The van der Waals surface area contributed by atoms with E-state index in [9.17, 15) is 4.79 Å². The van der Waals surface area contributed by atoms with Crippen molar-refractivity contribution in [3.63, 3.8) is 0 Å². The second-order valence-corrected chi connectivity index (χ2v) is 4.36. The van der Waals surface area contributed by atoms with E-state index in [1.54, 1.807) is 0 Å². The summed E-state index contributed by atoms with van der Waals surface area (Å²) in [6.07, 6.45) is 1.72. The number of hydrogen-bond donors (Lipinski definition) is 1. The maximum Gasteiger partial charge on any atom is 0.138 e. The number of rotatable bonds is 3. The maximum atomic E-state index is 11.6. The average Bonchev–Trinajstić information content (AvgIpc) is 2.29. The van der Waals surface area contributed by atoms with Gasteiger partial charge in [-0.3, -0.25) is 9.69 Å². The Labute approximate surface area is 91.0 Å². The topological polar surface area (TPSA) is 41.6 Å². The first-order chi connectivity index (χ1) is 7.36. The quantitative estimate of drug-likeness (QED) is 0.708.